The van der Waals surface area contributed by atoms with E-state index in [1.165, 1.54) is 31.5 Å². The van der Waals surface area contributed by atoms with Crippen molar-refractivity contribution in [1.82, 2.24) is 30.3 Å². The van der Waals surface area contributed by atoms with Gasteiger partial charge in [0.2, 0.25) is 0 Å². The first kappa shape index (κ1) is 24.0. The van der Waals surface area contributed by atoms with Gasteiger partial charge in [0.15, 0.2) is 5.96 Å². The molecule has 0 bridgehead atoms. The summed E-state index contributed by atoms with van der Waals surface area (Å²) in [6.07, 6.45) is 8.02. The van der Waals surface area contributed by atoms with Crippen molar-refractivity contribution < 1.29 is 4.74 Å². The second kappa shape index (κ2) is 13.0. The zero-order valence-corrected chi connectivity index (χ0v) is 19.9. The molecule has 0 radical (unpaired) electrons. The van der Waals surface area contributed by atoms with Crippen LogP contribution in [0.4, 0.5) is 0 Å². The van der Waals surface area contributed by atoms with Gasteiger partial charge in [-0.25, -0.2) is 0 Å². The fraction of sp³-hybridized carbons (Fsp3) is 0.870. The van der Waals surface area contributed by atoms with Crippen LogP contribution in [0.1, 0.15) is 64.5 Å². The third kappa shape index (κ3) is 7.75. The lowest BCUT2D eigenvalue weighted by molar-refractivity contribution is 0.0143. The topological polar surface area (TPSA) is 79.6 Å². The van der Waals surface area contributed by atoms with Crippen LogP contribution >= 0.6 is 0 Å². The lowest BCUT2D eigenvalue weighted by atomic mass is 10.0. The number of aliphatic imine (C=N–C) groups is 1. The maximum Gasteiger partial charge on any atom is 0.191 e. The largest absolute Gasteiger partial charge is 0.379 e. The predicted molar refractivity (Wildman–Crippen MR) is 126 cm³/mol. The van der Waals surface area contributed by atoms with Crippen LogP contribution in [-0.2, 0) is 24.1 Å². The van der Waals surface area contributed by atoms with E-state index in [1.54, 1.807) is 0 Å². The molecular weight excluding hydrogens is 390 g/mol. The van der Waals surface area contributed by atoms with Gasteiger partial charge in [-0.2, -0.15) is 0 Å². The standard InChI is InChI=1S/C23H43N7O/c1-4-24-23(26-18-20(17-19(2)3)29-13-15-31-16-14-29)25-11-8-10-22-28-27-21-9-6-5-7-12-30(21)22/h19-20H,4-18H2,1-3H3,(H2,24,25,26). The minimum absolute atomic E-state index is 0.478. The Bertz CT molecular complexity index is 667. The van der Waals surface area contributed by atoms with E-state index in [-0.39, 0.29) is 0 Å². The number of guanidine groups is 1. The Morgan fingerprint density at radius 1 is 1.10 bits per heavy atom. The van der Waals surface area contributed by atoms with Gasteiger partial charge >= 0.3 is 0 Å². The molecule has 1 unspecified atom stereocenters. The third-order valence-electron chi connectivity index (χ3n) is 6.17. The first-order chi connectivity index (χ1) is 15.2. The van der Waals surface area contributed by atoms with E-state index in [0.717, 1.165) is 83.5 Å². The van der Waals surface area contributed by atoms with E-state index in [1.807, 2.05) is 0 Å². The number of nitrogens with one attached hydrogen (secondary N) is 2. The molecular formula is C23H43N7O. The van der Waals surface area contributed by atoms with Crippen LogP contribution in [0.25, 0.3) is 0 Å². The molecule has 3 heterocycles. The molecule has 31 heavy (non-hydrogen) atoms. The Hall–Kier alpha value is -1.67. The van der Waals surface area contributed by atoms with Gasteiger partial charge in [0.25, 0.3) is 0 Å². The summed E-state index contributed by atoms with van der Waals surface area (Å²) in [7, 11) is 0. The molecule has 1 fully saturated rings. The van der Waals surface area contributed by atoms with Gasteiger partial charge in [0, 0.05) is 51.6 Å². The van der Waals surface area contributed by atoms with E-state index in [9.17, 15) is 0 Å². The SMILES string of the molecule is CCNC(=NCC(CC(C)C)N1CCOCC1)NCCCc1nnc2n1CCCCC2. The van der Waals surface area contributed by atoms with Crippen LogP contribution in [-0.4, -0.2) is 77.6 Å². The quantitative estimate of drug-likeness (QED) is 0.335. The second-order valence-electron chi connectivity index (χ2n) is 9.18. The monoisotopic (exact) mass is 433 g/mol. The van der Waals surface area contributed by atoms with Gasteiger partial charge < -0.3 is 19.9 Å². The summed E-state index contributed by atoms with van der Waals surface area (Å²) < 4.78 is 7.90. The Balaban J connectivity index is 1.49. The molecule has 1 aromatic heterocycles. The van der Waals surface area contributed by atoms with Gasteiger partial charge in [-0.15, -0.1) is 10.2 Å². The van der Waals surface area contributed by atoms with Crippen LogP contribution in [0.15, 0.2) is 4.99 Å². The Morgan fingerprint density at radius 2 is 1.94 bits per heavy atom. The van der Waals surface area contributed by atoms with Crippen molar-refractivity contribution in [2.45, 2.75) is 78.3 Å². The van der Waals surface area contributed by atoms with E-state index >= 15 is 0 Å². The lowest BCUT2D eigenvalue weighted by Gasteiger charge is -2.34. The molecule has 8 heteroatoms. The molecule has 1 atom stereocenters. The number of hydrogen-bond donors (Lipinski definition) is 2. The van der Waals surface area contributed by atoms with E-state index in [4.69, 9.17) is 9.73 Å². The van der Waals surface area contributed by atoms with E-state index in [2.05, 4.69) is 51.1 Å². The van der Waals surface area contributed by atoms with Crippen molar-refractivity contribution in [2.24, 2.45) is 10.9 Å². The molecule has 1 saturated heterocycles. The molecule has 8 nitrogen and oxygen atoms in total. The first-order valence-corrected chi connectivity index (χ1v) is 12.4. The molecule has 0 spiro atoms. The van der Waals surface area contributed by atoms with Crippen molar-refractivity contribution in [3.05, 3.63) is 11.6 Å². The van der Waals surface area contributed by atoms with Crippen LogP contribution in [0.5, 0.6) is 0 Å². The van der Waals surface area contributed by atoms with Crippen LogP contribution in [0.2, 0.25) is 0 Å². The molecule has 2 N–H and O–H groups in total. The fourth-order valence-corrected chi connectivity index (χ4v) is 4.55. The number of fused-ring (bicyclic) bond motifs is 1. The number of rotatable bonds is 10. The number of hydrogen-bond acceptors (Lipinski definition) is 5. The molecule has 1 aromatic rings. The highest BCUT2D eigenvalue weighted by Crippen LogP contribution is 2.16. The number of aromatic nitrogens is 3. The van der Waals surface area contributed by atoms with Gasteiger partial charge in [-0.1, -0.05) is 20.3 Å². The summed E-state index contributed by atoms with van der Waals surface area (Å²) in [6.45, 7) is 14.1. The van der Waals surface area contributed by atoms with E-state index in [0.29, 0.717) is 12.0 Å². The van der Waals surface area contributed by atoms with Crippen molar-refractivity contribution >= 4 is 5.96 Å². The molecule has 0 amide bonds. The number of morpholine rings is 1. The van der Waals surface area contributed by atoms with Gasteiger partial charge in [0.1, 0.15) is 11.6 Å². The highest BCUT2D eigenvalue weighted by molar-refractivity contribution is 5.79. The van der Waals surface area contributed by atoms with Gasteiger partial charge in [-0.05, 0) is 38.5 Å². The van der Waals surface area contributed by atoms with Gasteiger partial charge in [-0.3, -0.25) is 9.89 Å². The Kier molecular flexibility index (Phi) is 10.1. The fourth-order valence-electron chi connectivity index (χ4n) is 4.55. The molecule has 2 aliphatic heterocycles. The number of nitrogens with zero attached hydrogens (tertiary/aromatic N) is 5. The lowest BCUT2D eigenvalue weighted by Crippen LogP contribution is -2.46. The smallest absolute Gasteiger partial charge is 0.191 e. The van der Waals surface area contributed by atoms with Crippen LogP contribution in [0.3, 0.4) is 0 Å². The van der Waals surface area contributed by atoms with Gasteiger partial charge in [0.05, 0.1) is 19.8 Å². The van der Waals surface area contributed by atoms with Crippen molar-refractivity contribution in [3.63, 3.8) is 0 Å². The molecule has 176 valence electrons. The van der Waals surface area contributed by atoms with Crippen molar-refractivity contribution in [2.75, 3.05) is 45.9 Å². The maximum absolute atomic E-state index is 5.54. The van der Waals surface area contributed by atoms with Crippen LogP contribution in [0, 0.1) is 5.92 Å². The predicted octanol–water partition coefficient (Wildman–Crippen LogP) is 2.24. The summed E-state index contributed by atoms with van der Waals surface area (Å²) in [6, 6.07) is 0.478. The summed E-state index contributed by atoms with van der Waals surface area (Å²) in [5.41, 5.74) is 0. The highest BCUT2D eigenvalue weighted by Gasteiger charge is 2.22. The third-order valence-corrected chi connectivity index (χ3v) is 6.17. The minimum atomic E-state index is 0.478. The Labute approximate surface area is 188 Å². The maximum atomic E-state index is 5.54. The van der Waals surface area contributed by atoms with Crippen molar-refractivity contribution in [3.8, 4) is 0 Å². The summed E-state index contributed by atoms with van der Waals surface area (Å²) in [4.78, 5) is 7.49. The number of aryl methyl sites for hydroxylation is 2. The average Bonchev–Trinajstić information content (AvgIpc) is 3.00. The number of ether oxygens (including phenoxy) is 1. The second-order valence-corrected chi connectivity index (χ2v) is 9.18. The molecule has 0 aliphatic carbocycles. The van der Waals surface area contributed by atoms with Crippen molar-refractivity contribution in [1.29, 1.82) is 0 Å². The molecule has 0 aromatic carbocycles. The average molecular weight is 434 g/mol. The molecule has 3 rings (SSSR count). The normalized spacial score (nSPS) is 19.2. The minimum Gasteiger partial charge on any atom is -0.379 e. The summed E-state index contributed by atoms with van der Waals surface area (Å²) in [5, 5.41) is 15.8. The van der Waals surface area contributed by atoms with Crippen LogP contribution < -0.4 is 10.6 Å². The zero-order chi connectivity index (χ0) is 21.9. The summed E-state index contributed by atoms with van der Waals surface area (Å²) in [5.74, 6) is 3.90. The summed E-state index contributed by atoms with van der Waals surface area (Å²) >= 11 is 0. The zero-order valence-electron chi connectivity index (χ0n) is 19.9. The Morgan fingerprint density at radius 3 is 2.71 bits per heavy atom. The molecule has 0 saturated carbocycles. The molecule has 2 aliphatic rings. The first-order valence-electron chi connectivity index (χ1n) is 12.4. The van der Waals surface area contributed by atoms with E-state index < -0.39 is 0 Å². The highest BCUT2D eigenvalue weighted by atomic mass is 16.5.